The van der Waals surface area contributed by atoms with Crippen molar-refractivity contribution in [3.05, 3.63) is 170 Å². The van der Waals surface area contributed by atoms with E-state index < -0.39 is 11.6 Å². The molecule has 15 heterocycles. The molecule has 5 aliphatic heterocycles. The molecule has 5 saturated heterocycles. The summed E-state index contributed by atoms with van der Waals surface area (Å²) in [5.41, 5.74) is 13.0. The van der Waals surface area contributed by atoms with Gasteiger partial charge in [0.25, 0.3) is 0 Å². The first-order valence-corrected chi connectivity index (χ1v) is 51.9. The van der Waals surface area contributed by atoms with Crippen LogP contribution in [0.2, 0.25) is 0 Å². The van der Waals surface area contributed by atoms with Crippen molar-refractivity contribution in [2.24, 2.45) is 0 Å². The average Bonchev–Trinajstić information content (AvgIpc) is 1.64. The Morgan fingerprint density at radius 3 is 0.882 bits per heavy atom. The van der Waals surface area contributed by atoms with Crippen LogP contribution in [-0.4, -0.2) is 244 Å². The van der Waals surface area contributed by atoms with Crippen LogP contribution in [0.1, 0.15) is 185 Å². The first kappa shape index (κ1) is 108. The van der Waals surface area contributed by atoms with E-state index in [1.54, 1.807) is 31.0 Å². The van der Waals surface area contributed by atoms with Gasteiger partial charge in [-0.2, -0.15) is 25.5 Å². The van der Waals surface area contributed by atoms with Gasteiger partial charge in [0.2, 0.25) is 0 Å². The van der Waals surface area contributed by atoms with Crippen molar-refractivity contribution >= 4 is 83.6 Å². The monoisotopic (exact) mass is 1970 g/mol. The summed E-state index contributed by atoms with van der Waals surface area (Å²) in [5, 5.41) is 59.7. The van der Waals surface area contributed by atoms with Gasteiger partial charge in [0.15, 0.2) is 23.1 Å². The molecule has 32 nitrogen and oxygen atoms in total. The number of nitrogens with one attached hydrogen (secondary N) is 10. The number of nitrogens with zero attached hydrogens (tertiary/aromatic N) is 17. The molecule has 34 heteroatoms. The molecule has 7 fully saturated rings. The SMILES string of the molecule is CC.CC.CC.CC.CC.CC(C)Oc1cc2c(-c3cc(N4CCN[C@@H](C)C4)ncn3)n[nH]c2cc1F.CC(C)Oc1cc2c(-c3ccnc(N4CCN[C@@H](C)C4)c3)n[nH]c2cc1F.CC(C)Oc1ccc2[nH]nc(-c3ccnc(N4CCN[C@@H](C)C4)c3)c2c1.C[C@H]1CN(c2cc(-c3n[nH]c4ccc(OC5(C)CC5)cc34)ccn2)CCN1.C[C@H]1CN(c2cc(-c3n[nH]c4ccc(OC5(C)CC5)cc34)ncn2)CCN1. The smallest absolute Gasteiger partial charge is 0.167 e. The van der Waals surface area contributed by atoms with Crippen LogP contribution in [0.5, 0.6) is 28.7 Å². The van der Waals surface area contributed by atoms with E-state index in [1.165, 1.54) is 12.1 Å². The fourth-order valence-electron chi connectivity index (χ4n) is 17.6. The van der Waals surface area contributed by atoms with Crippen LogP contribution in [0.4, 0.5) is 37.9 Å². The van der Waals surface area contributed by atoms with Crippen molar-refractivity contribution in [1.82, 2.24) is 112 Å². The molecule has 144 heavy (non-hydrogen) atoms. The Bertz CT molecular complexity index is 6270. The lowest BCUT2D eigenvalue weighted by atomic mass is 10.1. The number of rotatable bonds is 20. The Labute approximate surface area is 846 Å². The maximum atomic E-state index is 14.2. The lowest BCUT2D eigenvalue weighted by Crippen LogP contribution is -2.49. The van der Waals surface area contributed by atoms with E-state index in [-0.39, 0.29) is 41.0 Å². The minimum absolute atomic E-state index is 0.00134. The number of fused-ring (bicyclic) bond motifs is 5. The second-order valence-corrected chi connectivity index (χ2v) is 37.5. The normalized spacial score (nSPS) is 18.1. The van der Waals surface area contributed by atoms with Crippen molar-refractivity contribution in [1.29, 1.82) is 0 Å². The number of aromatic amines is 5. The van der Waals surface area contributed by atoms with E-state index in [9.17, 15) is 8.78 Å². The number of hydrogen-bond donors (Lipinski definition) is 10. The second-order valence-electron chi connectivity index (χ2n) is 37.5. The Hall–Kier alpha value is -13.3. The molecule has 5 aromatic carbocycles. The third-order valence-electron chi connectivity index (χ3n) is 24.9. The fraction of sp³-hybridized carbons (Fsp3) is 0.473. The topological polar surface area (TPSA) is 356 Å². The van der Waals surface area contributed by atoms with Crippen LogP contribution in [0.3, 0.4) is 0 Å². The number of pyridine rings is 3. The molecule has 15 aromatic rings. The first-order valence-electron chi connectivity index (χ1n) is 51.9. The summed E-state index contributed by atoms with van der Waals surface area (Å²) in [6.45, 7) is 60.9. The molecule has 770 valence electrons. The highest BCUT2D eigenvalue weighted by Crippen LogP contribution is 2.44. The molecule has 22 rings (SSSR count). The number of hydrogen-bond acceptors (Lipinski definition) is 27. The van der Waals surface area contributed by atoms with Crippen LogP contribution in [-0.2, 0) is 0 Å². The number of ether oxygens (including phenoxy) is 5. The van der Waals surface area contributed by atoms with E-state index >= 15 is 0 Å². The van der Waals surface area contributed by atoms with Crippen LogP contribution >= 0.6 is 0 Å². The summed E-state index contributed by atoms with van der Waals surface area (Å²) in [6.07, 6.45) is 13.1. The lowest BCUT2D eigenvalue weighted by Gasteiger charge is -2.32. The second kappa shape index (κ2) is 50.8. The van der Waals surface area contributed by atoms with Crippen molar-refractivity contribution < 1.29 is 32.5 Å². The van der Waals surface area contributed by atoms with Gasteiger partial charge in [-0.05, 0) is 219 Å². The van der Waals surface area contributed by atoms with Crippen molar-refractivity contribution in [3.63, 3.8) is 0 Å². The number of halogens is 2. The third kappa shape index (κ3) is 27.8. The number of piperazine rings is 5. The van der Waals surface area contributed by atoms with Gasteiger partial charge in [0.1, 0.15) is 98.7 Å². The van der Waals surface area contributed by atoms with Gasteiger partial charge in [-0.25, -0.2) is 43.7 Å². The Balaban J connectivity index is 0.000000147. The Morgan fingerprint density at radius 2 is 0.576 bits per heavy atom. The van der Waals surface area contributed by atoms with Crippen LogP contribution < -0.4 is 74.8 Å². The highest BCUT2D eigenvalue weighted by Gasteiger charge is 2.41. The Kier molecular flexibility index (Phi) is 38.1. The molecule has 7 aliphatic rings. The van der Waals surface area contributed by atoms with E-state index in [4.69, 9.17) is 23.7 Å². The average molecular weight is 1970 g/mol. The molecule has 0 bridgehead atoms. The molecule has 0 unspecified atom stereocenters. The predicted molar refractivity (Wildman–Crippen MR) is 581 cm³/mol. The summed E-state index contributed by atoms with van der Waals surface area (Å²) in [4.78, 5) is 43.0. The van der Waals surface area contributed by atoms with E-state index in [1.807, 2.05) is 196 Å². The highest BCUT2D eigenvalue weighted by atomic mass is 19.1. The Morgan fingerprint density at radius 1 is 0.306 bits per heavy atom. The van der Waals surface area contributed by atoms with Gasteiger partial charge in [-0.15, -0.1) is 0 Å². The fourth-order valence-corrected chi connectivity index (χ4v) is 17.6. The lowest BCUT2D eigenvalue weighted by molar-refractivity contribution is 0.200. The molecule has 0 spiro atoms. The standard InChI is InChI=1S/C21H25N5O.C20H24FN5O.C20H24N6O.C20H25N5O.C19H23FN6O.5C2H6/c1-14-13-26(10-9-22-14)19-11-15(5-8-23-19)20-17-12-16(27-21(2)6-7-21)3-4-18(17)24-25-20;1-12(2)27-18-9-15-17(10-16(18)21)24-25-20(15)14-4-5-23-19(8-14)26-7-6-22-13(3)11-26;1-13-11-26(8-7-21-13)18-10-17(22-12-23-18)19-15-9-14(27-20(2)5-6-20)3-4-16(15)24-25-19;1-13(2)26-16-4-5-18-17(11-16)20(24-23-18)15-6-7-22-19(10-15)25-9-8-21-14(3)12-25;1-11(2)27-17-6-13-15(7-14(17)20)24-25-19(13)16-8-18(23-10-22-16)26-5-4-21-12(3)9-26;5*1-2/h3-5,8,11-12,14,22H,6-7,9-10,13H2,1-2H3,(H,24,25);4-5,8-10,12-13,22H,6-7,11H2,1-3H3,(H,24,25);3-4,9-10,12-13,21H,5-8,11H2,1-2H3,(H,24,25);4-7,10-11,13-14,21H,8-9,12H2,1-3H3,(H,23,24);6-8,10-12,21H,4-5,9H2,1-3H3,(H,24,25);5*1-2H3/t14-;2*13-;14-;12-;;;;;/m00000...../s1. The number of anilines is 5. The quantitative estimate of drug-likeness (QED) is 0.0339. The summed E-state index contributed by atoms with van der Waals surface area (Å²) < 4.78 is 57.8. The maximum Gasteiger partial charge on any atom is 0.167 e. The molecule has 2 saturated carbocycles. The highest BCUT2D eigenvalue weighted by molar-refractivity contribution is 5.98. The maximum absolute atomic E-state index is 14.2. The van der Waals surface area contributed by atoms with Gasteiger partial charge in [-0.3, -0.25) is 25.5 Å². The molecule has 10 N–H and O–H groups in total. The van der Waals surface area contributed by atoms with E-state index in [0.717, 1.165) is 259 Å². The zero-order valence-electron chi connectivity index (χ0n) is 88.5. The van der Waals surface area contributed by atoms with Gasteiger partial charge < -0.3 is 74.8 Å². The van der Waals surface area contributed by atoms with Gasteiger partial charge in [-0.1, -0.05) is 69.2 Å². The van der Waals surface area contributed by atoms with Gasteiger partial charge in [0, 0.05) is 215 Å². The molecule has 2 aliphatic carbocycles. The minimum Gasteiger partial charge on any atom is -0.491 e. The van der Waals surface area contributed by atoms with Crippen LogP contribution in [0, 0.1) is 11.6 Å². The summed E-state index contributed by atoms with van der Waals surface area (Å²) in [6, 6.07) is 43.0. The molecular weight excluding hydrogens is 1820 g/mol. The first-order chi connectivity index (χ1) is 69.8. The van der Waals surface area contributed by atoms with Gasteiger partial charge >= 0.3 is 0 Å². The summed E-state index contributed by atoms with van der Waals surface area (Å²) >= 11 is 0. The summed E-state index contributed by atoms with van der Waals surface area (Å²) in [5.74, 6) is 7.06. The van der Waals surface area contributed by atoms with Crippen molar-refractivity contribution in [2.75, 3.05) is 123 Å². The summed E-state index contributed by atoms with van der Waals surface area (Å²) in [7, 11) is 0. The molecular formula is C110H151F2N27O5. The molecule has 10 aromatic heterocycles. The van der Waals surface area contributed by atoms with Crippen LogP contribution in [0.25, 0.3) is 111 Å². The zero-order valence-corrected chi connectivity index (χ0v) is 88.5. The number of benzene rings is 5. The molecule has 0 radical (unpaired) electrons. The largest absolute Gasteiger partial charge is 0.491 e. The van der Waals surface area contributed by atoms with Gasteiger partial charge in [0.05, 0.1) is 57.3 Å². The predicted octanol–water partition coefficient (Wildman–Crippen LogP) is 20.5. The minimum atomic E-state index is -0.412. The van der Waals surface area contributed by atoms with E-state index in [2.05, 4.69) is 216 Å². The molecule has 5 atom stereocenters. The zero-order chi connectivity index (χ0) is 103. The van der Waals surface area contributed by atoms with E-state index in [0.29, 0.717) is 52.6 Å². The van der Waals surface area contributed by atoms with Crippen molar-refractivity contribution in [2.45, 2.75) is 245 Å². The number of H-pyrrole nitrogens is 5. The van der Waals surface area contributed by atoms with Crippen molar-refractivity contribution in [3.8, 4) is 85.3 Å². The number of aromatic nitrogens is 17. The third-order valence-corrected chi connectivity index (χ3v) is 24.9. The van der Waals surface area contributed by atoms with Crippen LogP contribution in [0.15, 0.2) is 159 Å². The molecule has 0 amide bonds.